The molecule has 0 aliphatic carbocycles. The molecule has 3 rings (SSSR count). The second kappa shape index (κ2) is 10.0. The van der Waals surface area contributed by atoms with E-state index in [1.807, 2.05) is 38.1 Å². The molecule has 0 saturated carbocycles. The highest BCUT2D eigenvalue weighted by atomic mass is 16.5. The Hall–Kier alpha value is -3.12. The number of ether oxygens (including phenoxy) is 2. The van der Waals surface area contributed by atoms with Crippen LogP contribution in [0.5, 0.6) is 5.75 Å². The molecule has 0 aromatic heterocycles. The molecule has 1 amide bonds. The second-order valence-corrected chi connectivity index (χ2v) is 8.58. The van der Waals surface area contributed by atoms with Crippen molar-refractivity contribution < 1.29 is 24.2 Å². The topological polar surface area (TPSA) is 76.1 Å². The Balaban J connectivity index is 2.06. The van der Waals surface area contributed by atoms with E-state index < -0.39 is 17.7 Å². The van der Waals surface area contributed by atoms with Gasteiger partial charge in [0.2, 0.25) is 0 Å². The number of nitrogens with zero attached hydrogens (tertiary/aromatic N) is 1. The minimum absolute atomic E-state index is 0.0882. The number of amides is 1. The maximum absolute atomic E-state index is 13.0. The van der Waals surface area contributed by atoms with E-state index >= 15 is 0 Å². The molecular weight excluding hydrogens is 406 g/mol. The summed E-state index contributed by atoms with van der Waals surface area (Å²) in [7, 11) is 1.54. The predicted molar refractivity (Wildman–Crippen MR) is 124 cm³/mol. The molecule has 0 bridgehead atoms. The van der Waals surface area contributed by atoms with Crippen LogP contribution < -0.4 is 4.74 Å². The van der Waals surface area contributed by atoms with Crippen molar-refractivity contribution in [1.29, 1.82) is 0 Å². The minimum Gasteiger partial charge on any atom is -0.507 e. The van der Waals surface area contributed by atoms with E-state index in [9.17, 15) is 14.7 Å². The standard InChI is InChI=1S/C26H31NO5/c1-16(2)15-32-21-11-10-20(14-18(21)4)24(28)22-23(19-8-6-17(3)7-9-19)27(12-13-31-5)26(30)25(22)29/h6-11,14,16,23,28H,12-13,15H2,1-5H3/t23-/m0/s1. The average molecular weight is 438 g/mol. The van der Waals surface area contributed by atoms with Gasteiger partial charge in [-0.1, -0.05) is 43.7 Å². The van der Waals surface area contributed by atoms with Crippen LogP contribution in [0.2, 0.25) is 0 Å². The van der Waals surface area contributed by atoms with Crippen LogP contribution in [-0.2, 0) is 14.3 Å². The van der Waals surface area contributed by atoms with Crippen LogP contribution in [0.25, 0.3) is 5.76 Å². The zero-order valence-electron chi connectivity index (χ0n) is 19.3. The Morgan fingerprint density at radius 2 is 1.78 bits per heavy atom. The Morgan fingerprint density at radius 1 is 1.09 bits per heavy atom. The summed E-state index contributed by atoms with van der Waals surface area (Å²) in [5.41, 5.74) is 3.23. The maximum atomic E-state index is 13.0. The van der Waals surface area contributed by atoms with Crippen molar-refractivity contribution in [3.63, 3.8) is 0 Å². The lowest BCUT2D eigenvalue weighted by Gasteiger charge is -2.25. The summed E-state index contributed by atoms with van der Waals surface area (Å²) in [4.78, 5) is 27.3. The van der Waals surface area contributed by atoms with Crippen LogP contribution in [0.15, 0.2) is 48.0 Å². The second-order valence-electron chi connectivity index (χ2n) is 8.58. The quantitative estimate of drug-likeness (QED) is 0.376. The van der Waals surface area contributed by atoms with E-state index in [1.54, 1.807) is 25.3 Å². The van der Waals surface area contributed by atoms with Gasteiger partial charge in [0.15, 0.2) is 0 Å². The monoisotopic (exact) mass is 437 g/mol. The smallest absolute Gasteiger partial charge is 0.295 e. The number of aryl methyl sites for hydroxylation is 2. The number of methoxy groups -OCH3 is 1. The van der Waals surface area contributed by atoms with Crippen molar-refractivity contribution in [2.45, 2.75) is 33.7 Å². The summed E-state index contributed by atoms with van der Waals surface area (Å²) in [6, 6.07) is 12.2. The number of carbonyl (C=O) groups is 2. The molecule has 1 saturated heterocycles. The van der Waals surface area contributed by atoms with Crippen molar-refractivity contribution in [2.24, 2.45) is 5.92 Å². The fraction of sp³-hybridized carbons (Fsp3) is 0.385. The molecule has 0 spiro atoms. The number of rotatable bonds is 8. The largest absolute Gasteiger partial charge is 0.507 e. The molecule has 32 heavy (non-hydrogen) atoms. The van der Waals surface area contributed by atoms with Gasteiger partial charge < -0.3 is 19.5 Å². The van der Waals surface area contributed by atoms with Gasteiger partial charge in [-0.25, -0.2) is 0 Å². The number of benzene rings is 2. The number of carbonyl (C=O) groups excluding carboxylic acids is 2. The highest BCUT2D eigenvalue weighted by Crippen LogP contribution is 2.39. The molecule has 1 N–H and O–H groups in total. The van der Waals surface area contributed by atoms with Crippen molar-refractivity contribution >= 4 is 17.4 Å². The average Bonchev–Trinajstić information content (AvgIpc) is 3.01. The van der Waals surface area contributed by atoms with E-state index in [4.69, 9.17) is 9.47 Å². The number of aliphatic hydroxyl groups excluding tert-OH is 1. The first-order valence-electron chi connectivity index (χ1n) is 10.8. The van der Waals surface area contributed by atoms with Gasteiger partial charge in [-0.05, 0) is 49.1 Å². The summed E-state index contributed by atoms with van der Waals surface area (Å²) >= 11 is 0. The van der Waals surface area contributed by atoms with Gasteiger partial charge in [0.25, 0.3) is 11.7 Å². The van der Waals surface area contributed by atoms with Gasteiger partial charge >= 0.3 is 0 Å². The van der Waals surface area contributed by atoms with Crippen molar-refractivity contribution in [3.05, 3.63) is 70.3 Å². The molecule has 2 aromatic carbocycles. The SMILES string of the molecule is COCCN1C(=O)C(=O)C(=C(O)c2ccc(OCC(C)C)c(C)c2)[C@@H]1c1ccc(C)cc1. The molecular formula is C26H31NO5. The van der Waals surface area contributed by atoms with Crippen LogP contribution in [0.4, 0.5) is 0 Å². The number of ketones is 1. The fourth-order valence-corrected chi connectivity index (χ4v) is 3.77. The van der Waals surface area contributed by atoms with Gasteiger partial charge in [0, 0.05) is 19.2 Å². The molecule has 0 radical (unpaired) electrons. The maximum Gasteiger partial charge on any atom is 0.295 e. The van der Waals surface area contributed by atoms with Crippen LogP contribution >= 0.6 is 0 Å². The normalized spacial score (nSPS) is 17.9. The summed E-state index contributed by atoms with van der Waals surface area (Å²) in [6.45, 7) is 9.13. The summed E-state index contributed by atoms with van der Waals surface area (Å²) < 4.78 is 11.0. The van der Waals surface area contributed by atoms with E-state index in [2.05, 4.69) is 13.8 Å². The van der Waals surface area contributed by atoms with Crippen LogP contribution in [0, 0.1) is 19.8 Å². The van der Waals surface area contributed by atoms with Gasteiger partial charge in [-0.2, -0.15) is 0 Å². The van der Waals surface area contributed by atoms with Crippen molar-refractivity contribution in [1.82, 2.24) is 4.90 Å². The molecule has 6 nitrogen and oxygen atoms in total. The third-order valence-corrected chi connectivity index (χ3v) is 5.49. The van der Waals surface area contributed by atoms with Crippen molar-refractivity contribution in [3.8, 4) is 5.75 Å². The number of aliphatic hydroxyl groups is 1. The third kappa shape index (κ3) is 4.86. The highest BCUT2D eigenvalue weighted by Gasteiger charge is 2.45. The highest BCUT2D eigenvalue weighted by molar-refractivity contribution is 6.46. The predicted octanol–water partition coefficient (Wildman–Crippen LogP) is 4.41. The first kappa shape index (κ1) is 23.5. The van der Waals surface area contributed by atoms with Gasteiger partial charge in [0.1, 0.15) is 11.5 Å². The molecule has 1 fully saturated rings. The Kier molecular flexibility index (Phi) is 7.36. The molecule has 2 aromatic rings. The number of Topliss-reactive ketones (excluding diaryl/α,β-unsaturated/α-hetero) is 1. The third-order valence-electron chi connectivity index (χ3n) is 5.49. The summed E-state index contributed by atoms with van der Waals surface area (Å²) in [5, 5.41) is 11.2. The number of hydrogen-bond acceptors (Lipinski definition) is 5. The van der Waals surface area contributed by atoms with E-state index in [1.165, 1.54) is 4.90 Å². The Morgan fingerprint density at radius 3 is 2.38 bits per heavy atom. The molecule has 170 valence electrons. The molecule has 1 heterocycles. The lowest BCUT2D eigenvalue weighted by atomic mass is 9.94. The van der Waals surface area contributed by atoms with Crippen LogP contribution in [-0.4, -0.2) is 48.6 Å². The van der Waals surface area contributed by atoms with E-state index in [-0.39, 0.29) is 24.5 Å². The molecule has 1 atom stereocenters. The first-order valence-corrected chi connectivity index (χ1v) is 10.8. The first-order chi connectivity index (χ1) is 15.2. The Labute approximate surface area is 189 Å². The van der Waals surface area contributed by atoms with Crippen LogP contribution in [0.1, 0.15) is 42.1 Å². The van der Waals surface area contributed by atoms with Crippen LogP contribution in [0.3, 0.4) is 0 Å². The molecule has 1 aliphatic rings. The number of likely N-dealkylation sites (tertiary alicyclic amines) is 1. The molecule has 0 unspecified atom stereocenters. The van der Waals surface area contributed by atoms with Gasteiger partial charge in [-0.3, -0.25) is 9.59 Å². The zero-order valence-corrected chi connectivity index (χ0v) is 19.3. The van der Waals surface area contributed by atoms with E-state index in [0.29, 0.717) is 18.1 Å². The summed E-state index contributed by atoms with van der Waals surface area (Å²) in [6.07, 6.45) is 0. The van der Waals surface area contributed by atoms with Crippen molar-refractivity contribution in [2.75, 3.05) is 26.9 Å². The van der Waals surface area contributed by atoms with Gasteiger partial charge in [-0.15, -0.1) is 0 Å². The zero-order chi connectivity index (χ0) is 23.4. The summed E-state index contributed by atoms with van der Waals surface area (Å²) in [5.74, 6) is -0.400. The van der Waals surface area contributed by atoms with E-state index in [0.717, 1.165) is 22.4 Å². The minimum atomic E-state index is -0.693. The molecule has 6 heteroatoms. The number of hydrogen-bond donors (Lipinski definition) is 1. The Bertz CT molecular complexity index is 1020. The fourth-order valence-electron chi connectivity index (χ4n) is 3.77. The molecule has 1 aliphatic heterocycles. The van der Waals surface area contributed by atoms with Gasteiger partial charge in [0.05, 0.1) is 24.8 Å². The lowest BCUT2D eigenvalue weighted by Crippen LogP contribution is -2.32. The lowest BCUT2D eigenvalue weighted by molar-refractivity contribution is -0.140.